The van der Waals surface area contributed by atoms with Crippen molar-refractivity contribution in [1.82, 2.24) is 29.4 Å². The molecule has 0 aliphatic carbocycles. The lowest BCUT2D eigenvalue weighted by Gasteiger charge is -2.38. The summed E-state index contributed by atoms with van der Waals surface area (Å²) in [6.07, 6.45) is 4.91. The normalized spacial score (nSPS) is 15.4. The minimum Gasteiger partial charge on any atom is -0.444 e. The van der Waals surface area contributed by atoms with Gasteiger partial charge in [0, 0.05) is 50.6 Å². The number of aromatic nitrogens is 4. The van der Waals surface area contributed by atoms with E-state index in [4.69, 9.17) is 10.5 Å². The molecule has 13 heteroatoms. The van der Waals surface area contributed by atoms with Crippen LogP contribution in [0.3, 0.4) is 0 Å². The number of carbonyl (C=O) groups is 2. The molecule has 1 saturated heterocycles. The molecule has 0 unspecified atom stereocenters. The maximum absolute atomic E-state index is 13.4. The van der Waals surface area contributed by atoms with Gasteiger partial charge in [0.15, 0.2) is 0 Å². The third kappa shape index (κ3) is 8.15. The van der Waals surface area contributed by atoms with Crippen molar-refractivity contribution in [2.24, 2.45) is 10.7 Å². The minimum atomic E-state index is -1.22. The predicted molar refractivity (Wildman–Crippen MR) is 182 cm³/mol. The Morgan fingerprint density at radius 2 is 1.77 bits per heavy atom. The number of aliphatic imine (C=N–C) groups is 1. The van der Waals surface area contributed by atoms with Gasteiger partial charge in [0.2, 0.25) is 5.65 Å². The number of nitrogens with zero attached hydrogens (tertiary/aromatic N) is 6. The van der Waals surface area contributed by atoms with Crippen LogP contribution < -0.4 is 16.6 Å². The average molecular weight is 655 g/mol. The van der Waals surface area contributed by atoms with E-state index in [1.54, 1.807) is 38.9 Å². The van der Waals surface area contributed by atoms with E-state index in [2.05, 4.69) is 20.4 Å². The molecule has 4 N–H and O–H groups in total. The van der Waals surface area contributed by atoms with Crippen LogP contribution in [0.1, 0.15) is 44.7 Å². The van der Waals surface area contributed by atoms with Crippen molar-refractivity contribution in [3.63, 3.8) is 0 Å². The number of carbonyl (C=O) groups excluding carboxylic acids is 2. The maximum atomic E-state index is 13.4. The fourth-order valence-corrected chi connectivity index (χ4v) is 5.58. The summed E-state index contributed by atoms with van der Waals surface area (Å²) in [6.45, 7) is 6.30. The Hall–Kier alpha value is -5.30. The Morgan fingerprint density at radius 1 is 1.08 bits per heavy atom. The zero-order chi connectivity index (χ0) is 34.5. The number of imidazole rings is 1. The second kappa shape index (κ2) is 14.2. The summed E-state index contributed by atoms with van der Waals surface area (Å²) >= 11 is 0. The van der Waals surface area contributed by atoms with Crippen LogP contribution in [0, 0.1) is 0 Å². The Balaban J connectivity index is 1.23. The van der Waals surface area contributed by atoms with E-state index in [1.807, 2.05) is 54.6 Å². The van der Waals surface area contributed by atoms with Gasteiger partial charge in [0.25, 0.3) is 11.5 Å². The van der Waals surface area contributed by atoms with Crippen LogP contribution >= 0.6 is 0 Å². The quantitative estimate of drug-likeness (QED) is 0.183. The topological polar surface area (TPSA) is 169 Å². The van der Waals surface area contributed by atoms with Gasteiger partial charge in [-0.05, 0) is 44.7 Å². The Labute approximate surface area is 278 Å². The van der Waals surface area contributed by atoms with Gasteiger partial charge in [-0.2, -0.15) is 5.10 Å². The van der Waals surface area contributed by atoms with Gasteiger partial charge in [-0.15, -0.1) is 0 Å². The van der Waals surface area contributed by atoms with Crippen molar-refractivity contribution in [3.8, 4) is 11.3 Å². The smallest absolute Gasteiger partial charge is 0.407 e. The van der Waals surface area contributed by atoms with E-state index in [0.717, 1.165) is 16.7 Å². The molecule has 2 aromatic carbocycles. The number of aliphatic hydroxyl groups is 1. The first kappa shape index (κ1) is 34.0. The molecule has 0 saturated carbocycles. The summed E-state index contributed by atoms with van der Waals surface area (Å²) in [6, 6.07) is 17.1. The number of likely N-dealkylation sites (tertiary alicyclic amines) is 1. The second-order valence-corrected chi connectivity index (χ2v) is 13.0. The van der Waals surface area contributed by atoms with E-state index in [9.17, 15) is 19.5 Å². The van der Waals surface area contributed by atoms with Crippen molar-refractivity contribution in [2.75, 3.05) is 20.1 Å². The van der Waals surface area contributed by atoms with Crippen molar-refractivity contribution in [2.45, 2.75) is 64.3 Å². The highest BCUT2D eigenvalue weighted by Crippen LogP contribution is 2.26. The standard InChI is InChI=1S/C35H42N8O5/c1-34(2,3)48-33(46)39-19-25-10-12-26(13-11-25)29-21-38-30-32(45)42(23-40-43(29)30)22-35(47)14-16-41(17-15-35)31(44)27(20-37-4)28(36)18-24-8-6-5-7-9-24/h5-13,20-21,23,47H,14-19,22,36H2,1-4H3,(H,39,46). The monoisotopic (exact) mass is 654 g/mol. The highest BCUT2D eigenvalue weighted by molar-refractivity contribution is 6.12. The molecule has 2 aromatic heterocycles. The number of allylic oxidation sites excluding steroid dienone is 1. The van der Waals surface area contributed by atoms with Gasteiger partial charge in [-0.25, -0.2) is 14.3 Å². The third-order valence-corrected chi connectivity index (χ3v) is 8.10. The Kier molecular flexibility index (Phi) is 10.1. The molecule has 48 heavy (non-hydrogen) atoms. The van der Waals surface area contributed by atoms with Gasteiger partial charge >= 0.3 is 6.09 Å². The molecule has 1 aliphatic heterocycles. The second-order valence-electron chi connectivity index (χ2n) is 13.0. The molecular formula is C35H42N8O5. The first-order valence-corrected chi connectivity index (χ1v) is 15.8. The van der Waals surface area contributed by atoms with Gasteiger partial charge in [-0.3, -0.25) is 19.1 Å². The number of fused-ring (bicyclic) bond motifs is 1. The Morgan fingerprint density at radius 3 is 2.42 bits per heavy atom. The zero-order valence-corrected chi connectivity index (χ0v) is 27.7. The lowest BCUT2D eigenvalue weighted by atomic mass is 9.90. The highest BCUT2D eigenvalue weighted by Gasteiger charge is 2.36. The van der Waals surface area contributed by atoms with E-state index < -0.39 is 17.3 Å². The number of hydrogen-bond donors (Lipinski definition) is 3. The van der Waals surface area contributed by atoms with Crippen LogP contribution in [0.5, 0.6) is 0 Å². The van der Waals surface area contributed by atoms with Crippen LogP contribution in [-0.4, -0.2) is 78.7 Å². The molecule has 4 aromatic rings. The number of piperidine rings is 1. The number of alkyl carbamates (subject to hydrolysis) is 1. The fourth-order valence-electron chi connectivity index (χ4n) is 5.58. The van der Waals surface area contributed by atoms with Crippen LogP contribution in [0.25, 0.3) is 16.9 Å². The van der Waals surface area contributed by atoms with Crippen LogP contribution in [0.2, 0.25) is 0 Å². The van der Waals surface area contributed by atoms with Gasteiger partial charge in [0.05, 0.1) is 29.6 Å². The van der Waals surface area contributed by atoms with Gasteiger partial charge in [-0.1, -0.05) is 54.6 Å². The van der Waals surface area contributed by atoms with Gasteiger partial charge in [0.1, 0.15) is 11.9 Å². The number of nitrogens with two attached hydrogens (primary N) is 1. The molecule has 13 nitrogen and oxygen atoms in total. The van der Waals surface area contributed by atoms with E-state index in [1.165, 1.54) is 21.6 Å². The average Bonchev–Trinajstić information content (AvgIpc) is 3.49. The summed E-state index contributed by atoms with van der Waals surface area (Å²) in [5, 5.41) is 18.7. The SMILES string of the molecule is CN=CC(C(=O)N1CCC(O)(Cn2cnn3c(-c4ccc(CNC(=O)OC(C)(C)C)cc4)cnc3c2=O)CC1)=C(N)Cc1ccccc1. The van der Waals surface area contributed by atoms with Crippen molar-refractivity contribution >= 4 is 23.9 Å². The lowest BCUT2D eigenvalue weighted by Crippen LogP contribution is -2.50. The zero-order valence-electron chi connectivity index (χ0n) is 27.7. The number of amides is 2. The van der Waals surface area contributed by atoms with E-state index in [0.29, 0.717) is 29.9 Å². The summed E-state index contributed by atoms with van der Waals surface area (Å²) in [5.41, 5.74) is 8.32. The fraction of sp³-hybridized carbons (Fsp3) is 0.371. The maximum Gasteiger partial charge on any atom is 0.407 e. The number of nitrogens with one attached hydrogen (secondary N) is 1. The first-order valence-electron chi connectivity index (χ1n) is 15.8. The molecule has 3 heterocycles. The van der Waals surface area contributed by atoms with E-state index >= 15 is 0 Å². The van der Waals surface area contributed by atoms with Crippen LogP contribution in [0.4, 0.5) is 4.79 Å². The predicted octanol–water partition coefficient (Wildman–Crippen LogP) is 3.09. The minimum absolute atomic E-state index is 0.00810. The number of rotatable bonds is 9. The lowest BCUT2D eigenvalue weighted by molar-refractivity contribution is -0.131. The summed E-state index contributed by atoms with van der Waals surface area (Å²) in [4.78, 5) is 48.9. The summed E-state index contributed by atoms with van der Waals surface area (Å²) < 4.78 is 8.11. The molecular weight excluding hydrogens is 612 g/mol. The molecule has 5 rings (SSSR count). The molecule has 0 spiro atoms. The first-order chi connectivity index (χ1) is 22.9. The molecule has 0 atom stereocenters. The summed E-state index contributed by atoms with van der Waals surface area (Å²) in [7, 11) is 1.59. The van der Waals surface area contributed by atoms with Gasteiger partial charge < -0.3 is 25.8 Å². The number of hydrogen-bond acceptors (Lipinski definition) is 9. The van der Waals surface area contributed by atoms with Crippen LogP contribution in [0.15, 0.2) is 88.2 Å². The van der Waals surface area contributed by atoms with E-state index in [-0.39, 0.29) is 49.6 Å². The molecule has 252 valence electrons. The largest absolute Gasteiger partial charge is 0.444 e. The molecule has 1 aliphatic rings. The summed E-state index contributed by atoms with van der Waals surface area (Å²) in [5.74, 6) is -0.242. The van der Waals surface area contributed by atoms with Crippen molar-refractivity contribution in [1.29, 1.82) is 0 Å². The molecule has 0 bridgehead atoms. The Bertz CT molecular complexity index is 1880. The van der Waals surface area contributed by atoms with Crippen LogP contribution in [-0.2, 0) is 29.0 Å². The molecule has 0 radical (unpaired) electrons. The number of benzene rings is 2. The number of ether oxygens (including phenoxy) is 1. The van der Waals surface area contributed by atoms with Crippen molar-refractivity contribution in [3.05, 3.63) is 99.9 Å². The third-order valence-electron chi connectivity index (χ3n) is 8.10. The highest BCUT2D eigenvalue weighted by atomic mass is 16.6. The molecule has 1 fully saturated rings. The molecule has 2 amide bonds. The van der Waals surface area contributed by atoms with Crippen molar-refractivity contribution < 1.29 is 19.4 Å².